The molecule has 0 unspecified atom stereocenters. The summed E-state index contributed by atoms with van der Waals surface area (Å²) in [5, 5.41) is 3.39. The number of benzene rings is 2. The van der Waals surface area contributed by atoms with Crippen molar-refractivity contribution in [2.75, 3.05) is 20.7 Å². The second kappa shape index (κ2) is 10.5. The van der Waals surface area contributed by atoms with Crippen LogP contribution in [0.1, 0.15) is 29.4 Å². The fourth-order valence-corrected chi connectivity index (χ4v) is 3.31. The predicted octanol–water partition coefficient (Wildman–Crippen LogP) is 3.85. The van der Waals surface area contributed by atoms with E-state index >= 15 is 0 Å². The number of ether oxygens (including phenoxy) is 1. The summed E-state index contributed by atoms with van der Waals surface area (Å²) in [7, 11) is 3.74. The molecule has 158 valence electrons. The van der Waals surface area contributed by atoms with Crippen molar-refractivity contribution in [1.82, 2.24) is 19.8 Å². The quantitative estimate of drug-likeness (QED) is 0.457. The first-order chi connectivity index (χ1) is 14.6. The topological polar surface area (TPSA) is 54.7 Å². The van der Waals surface area contributed by atoms with Gasteiger partial charge in [-0.15, -0.1) is 0 Å². The first kappa shape index (κ1) is 21.4. The van der Waals surface area contributed by atoms with Crippen LogP contribution in [0.25, 0.3) is 0 Å². The number of aliphatic imine (C=N–C) groups is 1. The van der Waals surface area contributed by atoms with Crippen molar-refractivity contribution >= 4 is 5.96 Å². The zero-order valence-electron chi connectivity index (χ0n) is 18.3. The van der Waals surface area contributed by atoms with E-state index < -0.39 is 0 Å². The predicted molar refractivity (Wildman–Crippen MR) is 122 cm³/mol. The fourth-order valence-electron chi connectivity index (χ4n) is 3.31. The molecule has 0 radical (unpaired) electrons. The zero-order valence-corrected chi connectivity index (χ0v) is 18.3. The number of aromatic nitrogens is 2. The van der Waals surface area contributed by atoms with Crippen molar-refractivity contribution < 1.29 is 4.74 Å². The lowest BCUT2D eigenvalue weighted by Crippen LogP contribution is -2.38. The van der Waals surface area contributed by atoms with E-state index in [4.69, 9.17) is 9.73 Å². The molecule has 6 nitrogen and oxygen atoms in total. The Balaban J connectivity index is 1.67. The molecule has 3 aromatic rings. The molecular formula is C24H31N5O. The Labute approximate surface area is 179 Å². The second-order valence-corrected chi connectivity index (χ2v) is 7.30. The molecule has 0 saturated carbocycles. The van der Waals surface area contributed by atoms with E-state index in [-0.39, 0.29) is 0 Å². The zero-order chi connectivity index (χ0) is 21.3. The van der Waals surface area contributed by atoms with Crippen molar-refractivity contribution in [1.29, 1.82) is 0 Å². The number of nitrogens with one attached hydrogen (secondary N) is 1. The van der Waals surface area contributed by atoms with E-state index in [1.165, 1.54) is 16.7 Å². The molecule has 6 heteroatoms. The summed E-state index contributed by atoms with van der Waals surface area (Å²) < 4.78 is 7.39. The van der Waals surface area contributed by atoms with Gasteiger partial charge in [-0.2, -0.15) is 0 Å². The number of methoxy groups -OCH3 is 1. The molecule has 0 aliphatic carbocycles. The molecule has 1 heterocycles. The fraction of sp³-hybridized carbons (Fsp3) is 0.333. The summed E-state index contributed by atoms with van der Waals surface area (Å²) in [6.45, 7) is 7.16. The SMILES string of the molecule is CCNC(=NCc1cccc(Cn2ccnc2C)c1)N(C)Cc1ccc(OC)cc1. The number of aryl methyl sites for hydroxylation is 1. The summed E-state index contributed by atoms with van der Waals surface area (Å²) in [5.41, 5.74) is 3.65. The van der Waals surface area contributed by atoms with Crippen molar-refractivity contribution in [3.63, 3.8) is 0 Å². The molecule has 0 spiro atoms. The maximum absolute atomic E-state index is 5.24. The van der Waals surface area contributed by atoms with Crippen LogP contribution in [0, 0.1) is 6.92 Å². The lowest BCUT2D eigenvalue weighted by molar-refractivity contribution is 0.414. The highest BCUT2D eigenvalue weighted by Gasteiger charge is 2.07. The lowest BCUT2D eigenvalue weighted by atomic mass is 10.1. The van der Waals surface area contributed by atoms with Gasteiger partial charge in [0.15, 0.2) is 5.96 Å². The highest BCUT2D eigenvalue weighted by atomic mass is 16.5. The molecule has 1 N–H and O–H groups in total. The van der Waals surface area contributed by atoms with Gasteiger partial charge in [0, 0.05) is 39.1 Å². The maximum atomic E-state index is 5.24. The van der Waals surface area contributed by atoms with E-state index in [1.807, 2.05) is 31.5 Å². The van der Waals surface area contributed by atoms with Crippen LogP contribution in [0.3, 0.4) is 0 Å². The standard InChI is InChI=1S/C24H31N5O/c1-5-25-24(28(3)17-20-9-11-23(30-4)12-10-20)27-16-21-7-6-8-22(15-21)18-29-14-13-26-19(29)2/h6-15H,5,16-18H2,1-4H3,(H,25,27). The summed E-state index contributed by atoms with van der Waals surface area (Å²) in [6, 6.07) is 16.7. The first-order valence-electron chi connectivity index (χ1n) is 10.3. The van der Waals surface area contributed by atoms with Crippen LogP contribution in [-0.4, -0.2) is 41.1 Å². The molecular weight excluding hydrogens is 374 g/mol. The molecule has 0 aliphatic rings. The Bertz CT molecular complexity index is 962. The average Bonchev–Trinajstić information content (AvgIpc) is 3.16. The van der Waals surface area contributed by atoms with Gasteiger partial charge in [-0.25, -0.2) is 9.98 Å². The first-order valence-corrected chi connectivity index (χ1v) is 10.3. The molecule has 0 saturated heterocycles. The van der Waals surface area contributed by atoms with Gasteiger partial charge in [0.1, 0.15) is 11.6 Å². The highest BCUT2D eigenvalue weighted by molar-refractivity contribution is 5.79. The molecule has 3 rings (SSSR count). The van der Waals surface area contributed by atoms with Crippen LogP contribution in [0.15, 0.2) is 65.9 Å². The van der Waals surface area contributed by atoms with E-state index in [0.29, 0.717) is 6.54 Å². The highest BCUT2D eigenvalue weighted by Crippen LogP contribution is 2.13. The van der Waals surface area contributed by atoms with Gasteiger partial charge in [0.05, 0.1) is 13.7 Å². The molecule has 1 aromatic heterocycles. The monoisotopic (exact) mass is 405 g/mol. The maximum Gasteiger partial charge on any atom is 0.194 e. The summed E-state index contributed by atoms with van der Waals surface area (Å²) in [5.74, 6) is 2.78. The Morgan fingerprint density at radius 2 is 1.90 bits per heavy atom. The minimum absolute atomic E-state index is 0.631. The summed E-state index contributed by atoms with van der Waals surface area (Å²) in [4.78, 5) is 11.3. The number of hydrogen-bond donors (Lipinski definition) is 1. The van der Waals surface area contributed by atoms with E-state index in [0.717, 1.165) is 37.2 Å². The van der Waals surface area contributed by atoms with Crippen LogP contribution in [0.2, 0.25) is 0 Å². The van der Waals surface area contributed by atoms with Crippen molar-refractivity contribution in [3.05, 3.63) is 83.4 Å². The summed E-state index contributed by atoms with van der Waals surface area (Å²) >= 11 is 0. The lowest BCUT2D eigenvalue weighted by Gasteiger charge is -2.22. The number of guanidine groups is 1. The van der Waals surface area contributed by atoms with Crippen LogP contribution in [-0.2, 0) is 19.6 Å². The molecule has 2 aromatic carbocycles. The van der Waals surface area contributed by atoms with Crippen molar-refractivity contribution in [3.8, 4) is 5.75 Å². The molecule has 0 fully saturated rings. The van der Waals surface area contributed by atoms with Crippen molar-refractivity contribution in [2.24, 2.45) is 4.99 Å². The van der Waals surface area contributed by atoms with Gasteiger partial charge in [-0.3, -0.25) is 0 Å². The number of hydrogen-bond acceptors (Lipinski definition) is 3. The van der Waals surface area contributed by atoms with Crippen LogP contribution in [0.5, 0.6) is 5.75 Å². The van der Waals surface area contributed by atoms with Crippen LogP contribution >= 0.6 is 0 Å². The summed E-state index contributed by atoms with van der Waals surface area (Å²) in [6.07, 6.45) is 3.85. The van der Waals surface area contributed by atoms with Crippen molar-refractivity contribution in [2.45, 2.75) is 33.5 Å². The van der Waals surface area contributed by atoms with Gasteiger partial charge >= 0.3 is 0 Å². The number of nitrogens with zero attached hydrogens (tertiary/aromatic N) is 4. The van der Waals surface area contributed by atoms with E-state index in [1.54, 1.807) is 7.11 Å². The Morgan fingerprint density at radius 1 is 1.13 bits per heavy atom. The van der Waals surface area contributed by atoms with Gasteiger partial charge in [-0.05, 0) is 42.7 Å². The Kier molecular flexibility index (Phi) is 7.49. The normalized spacial score (nSPS) is 11.4. The Hall–Kier alpha value is -3.28. The second-order valence-electron chi connectivity index (χ2n) is 7.30. The minimum atomic E-state index is 0.631. The van der Waals surface area contributed by atoms with Gasteiger partial charge in [0.2, 0.25) is 0 Å². The third-order valence-corrected chi connectivity index (χ3v) is 4.95. The average molecular weight is 406 g/mol. The molecule has 0 bridgehead atoms. The number of imidazole rings is 1. The number of rotatable bonds is 8. The Morgan fingerprint density at radius 3 is 2.57 bits per heavy atom. The largest absolute Gasteiger partial charge is 0.497 e. The van der Waals surface area contributed by atoms with Crippen LogP contribution < -0.4 is 10.1 Å². The van der Waals surface area contributed by atoms with Gasteiger partial charge in [0.25, 0.3) is 0 Å². The third kappa shape index (κ3) is 5.86. The third-order valence-electron chi connectivity index (χ3n) is 4.95. The van der Waals surface area contributed by atoms with Gasteiger partial charge in [-0.1, -0.05) is 36.4 Å². The van der Waals surface area contributed by atoms with Gasteiger partial charge < -0.3 is 19.5 Å². The molecule has 0 amide bonds. The van der Waals surface area contributed by atoms with E-state index in [2.05, 4.69) is 70.1 Å². The molecule has 0 aliphatic heterocycles. The molecule has 30 heavy (non-hydrogen) atoms. The molecule has 0 atom stereocenters. The van der Waals surface area contributed by atoms with Crippen LogP contribution in [0.4, 0.5) is 0 Å². The minimum Gasteiger partial charge on any atom is -0.497 e. The van der Waals surface area contributed by atoms with E-state index in [9.17, 15) is 0 Å². The smallest absolute Gasteiger partial charge is 0.194 e.